The van der Waals surface area contributed by atoms with E-state index >= 15 is 0 Å². The molecule has 0 aromatic carbocycles. The predicted molar refractivity (Wildman–Crippen MR) is 110 cm³/mol. The van der Waals surface area contributed by atoms with Crippen LogP contribution in [0.1, 0.15) is 76.1 Å². The van der Waals surface area contributed by atoms with Crippen LogP contribution in [0.15, 0.2) is 6.58 Å². The van der Waals surface area contributed by atoms with Gasteiger partial charge in [0.15, 0.2) is 6.10 Å². The SMILES string of the molecule is C=Cc1c(C)nc(C)c([C@H](OC(C)(C)C)C(=O)O)c1N1CCC(C)(C)CC1. The van der Waals surface area contributed by atoms with Gasteiger partial charge in [-0.15, -0.1) is 0 Å². The highest BCUT2D eigenvalue weighted by Crippen LogP contribution is 2.41. The van der Waals surface area contributed by atoms with Gasteiger partial charge < -0.3 is 14.7 Å². The van der Waals surface area contributed by atoms with Gasteiger partial charge in [0.25, 0.3) is 0 Å². The summed E-state index contributed by atoms with van der Waals surface area (Å²) in [4.78, 5) is 19.1. The first-order chi connectivity index (χ1) is 12.4. The fraction of sp³-hybridized carbons (Fsp3) is 0.636. The molecule has 1 N–H and O–H groups in total. The van der Waals surface area contributed by atoms with Crippen molar-refractivity contribution in [3.8, 4) is 0 Å². The normalized spacial score (nSPS) is 18.3. The van der Waals surface area contributed by atoms with E-state index in [0.717, 1.165) is 42.9 Å². The molecule has 0 saturated carbocycles. The molecule has 1 aromatic rings. The van der Waals surface area contributed by atoms with Crippen LogP contribution in [0.25, 0.3) is 6.08 Å². The lowest BCUT2D eigenvalue weighted by molar-refractivity contribution is -0.160. The van der Waals surface area contributed by atoms with E-state index in [1.54, 1.807) is 6.08 Å². The van der Waals surface area contributed by atoms with Crippen molar-refractivity contribution in [3.05, 3.63) is 29.1 Å². The molecule has 1 saturated heterocycles. The Balaban J connectivity index is 2.65. The second-order valence-corrected chi connectivity index (χ2v) is 9.26. The van der Waals surface area contributed by atoms with Crippen LogP contribution in [0.2, 0.25) is 0 Å². The third-order valence-electron chi connectivity index (χ3n) is 5.22. The molecule has 1 fully saturated rings. The minimum Gasteiger partial charge on any atom is -0.479 e. The Hall–Kier alpha value is -1.88. The van der Waals surface area contributed by atoms with E-state index in [-0.39, 0.29) is 0 Å². The molecule has 2 heterocycles. The van der Waals surface area contributed by atoms with Gasteiger partial charge in [-0.05, 0) is 52.9 Å². The maximum absolute atomic E-state index is 12.2. The maximum atomic E-state index is 12.2. The number of hydrogen-bond acceptors (Lipinski definition) is 4. The molecule has 1 aromatic heterocycles. The molecule has 0 spiro atoms. The van der Waals surface area contributed by atoms with Crippen LogP contribution in [-0.4, -0.2) is 34.8 Å². The number of carbonyl (C=O) groups is 1. The quantitative estimate of drug-likeness (QED) is 0.793. The third kappa shape index (κ3) is 4.89. The number of aliphatic carboxylic acids is 1. The van der Waals surface area contributed by atoms with Crippen molar-refractivity contribution in [2.24, 2.45) is 5.41 Å². The lowest BCUT2D eigenvalue weighted by Gasteiger charge is -2.41. The van der Waals surface area contributed by atoms with Crippen LogP contribution in [0.4, 0.5) is 5.69 Å². The first kappa shape index (κ1) is 21.4. The number of carboxylic acids is 1. The van der Waals surface area contributed by atoms with E-state index in [4.69, 9.17) is 4.74 Å². The van der Waals surface area contributed by atoms with Gasteiger partial charge >= 0.3 is 5.97 Å². The van der Waals surface area contributed by atoms with Gasteiger partial charge in [0, 0.05) is 35.6 Å². The third-order valence-corrected chi connectivity index (χ3v) is 5.22. The maximum Gasteiger partial charge on any atom is 0.337 e. The molecule has 0 radical (unpaired) electrons. The number of anilines is 1. The molecular formula is C22H34N2O3. The molecule has 0 unspecified atom stereocenters. The van der Waals surface area contributed by atoms with Gasteiger partial charge in [0.2, 0.25) is 0 Å². The Morgan fingerprint density at radius 3 is 2.26 bits per heavy atom. The summed E-state index contributed by atoms with van der Waals surface area (Å²) < 4.78 is 5.98. The summed E-state index contributed by atoms with van der Waals surface area (Å²) in [7, 11) is 0. The number of carboxylic acid groups (broad SMARTS) is 1. The predicted octanol–water partition coefficient (Wildman–Crippen LogP) is 4.91. The highest BCUT2D eigenvalue weighted by molar-refractivity contribution is 5.82. The van der Waals surface area contributed by atoms with Gasteiger partial charge in [0.1, 0.15) is 0 Å². The summed E-state index contributed by atoms with van der Waals surface area (Å²) in [5, 5.41) is 9.96. The zero-order valence-electron chi connectivity index (χ0n) is 17.8. The smallest absolute Gasteiger partial charge is 0.337 e. The monoisotopic (exact) mass is 374 g/mol. The summed E-state index contributed by atoms with van der Waals surface area (Å²) >= 11 is 0. The summed E-state index contributed by atoms with van der Waals surface area (Å²) in [5.74, 6) is -0.993. The van der Waals surface area contributed by atoms with Crippen LogP contribution >= 0.6 is 0 Å². The summed E-state index contributed by atoms with van der Waals surface area (Å²) in [5.41, 5.74) is 3.76. The average Bonchev–Trinajstić information content (AvgIpc) is 2.51. The number of ether oxygens (including phenoxy) is 1. The minimum absolute atomic E-state index is 0.302. The van der Waals surface area contributed by atoms with Crippen molar-refractivity contribution in [3.63, 3.8) is 0 Å². The van der Waals surface area contributed by atoms with Crippen molar-refractivity contribution in [1.29, 1.82) is 0 Å². The molecule has 1 aliphatic rings. The van der Waals surface area contributed by atoms with E-state index in [2.05, 4.69) is 30.3 Å². The zero-order chi connectivity index (χ0) is 20.6. The molecular weight excluding hydrogens is 340 g/mol. The van der Waals surface area contributed by atoms with Gasteiger partial charge in [-0.1, -0.05) is 26.5 Å². The molecule has 0 aliphatic carbocycles. The van der Waals surface area contributed by atoms with Crippen molar-refractivity contribution >= 4 is 17.7 Å². The Bertz CT molecular complexity index is 722. The number of nitrogens with zero attached hydrogens (tertiary/aromatic N) is 2. The molecule has 150 valence electrons. The molecule has 27 heavy (non-hydrogen) atoms. The molecule has 1 aliphatic heterocycles. The Morgan fingerprint density at radius 1 is 1.26 bits per heavy atom. The summed E-state index contributed by atoms with van der Waals surface area (Å²) in [6, 6.07) is 0. The lowest BCUT2D eigenvalue weighted by atomic mass is 9.82. The van der Waals surface area contributed by atoms with Gasteiger partial charge in [-0.25, -0.2) is 4.79 Å². The summed E-state index contributed by atoms with van der Waals surface area (Å²) in [6.07, 6.45) is 2.83. The van der Waals surface area contributed by atoms with Gasteiger partial charge in [0.05, 0.1) is 11.3 Å². The highest BCUT2D eigenvalue weighted by Gasteiger charge is 2.35. The Morgan fingerprint density at radius 2 is 1.81 bits per heavy atom. The Labute approximate surface area is 163 Å². The number of hydrogen-bond donors (Lipinski definition) is 1. The van der Waals surface area contributed by atoms with Crippen LogP contribution in [-0.2, 0) is 9.53 Å². The van der Waals surface area contributed by atoms with Crippen molar-refractivity contribution in [2.45, 2.75) is 73.0 Å². The van der Waals surface area contributed by atoms with E-state index in [1.165, 1.54) is 0 Å². The van der Waals surface area contributed by atoms with E-state index < -0.39 is 17.7 Å². The van der Waals surface area contributed by atoms with Crippen LogP contribution < -0.4 is 4.90 Å². The minimum atomic E-state index is -1.07. The van der Waals surface area contributed by atoms with E-state index in [0.29, 0.717) is 16.7 Å². The Kier molecular flexibility index (Phi) is 6.05. The molecule has 5 nitrogen and oxygen atoms in total. The lowest BCUT2D eigenvalue weighted by Crippen LogP contribution is -2.39. The number of piperidine rings is 1. The van der Waals surface area contributed by atoms with E-state index in [9.17, 15) is 9.90 Å². The second kappa shape index (κ2) is 7.63. The molecule has 5 heteroatoms. The second-order valence-electron chi connectivity index (χ2n) is 9.26. The van der Waals surface area contributed by atoms with E-state index in [1.807, 2.05) is 34.6 Å². The van der Waals surface area contributed by atoms with Crippen LogP contribution in [0.5, 0.6) is 0 Å². The summed E-state index contributed by atoms with van der Waals surface area (Å²) in [6.45, 7) is 19.7. The highest BCUT2D eigenvalue weighted by atomic mass is 16.5. The number of pyridine rings is 1. The first-order valence-corrected chi connectivity index (χ1v) is 9.65. The topological polar surface area (TPSA) is 62.7 Å². The van der Waals surface area contributed by atoms with Gasteiger partial charge in [-0.2, -0.15) is 0 Å². The van der Waals surface area contributed by atoms with Crippen molar-refractivity contribution in [2.75, 3.05) is 18.0 Å². The number of rotatable bonds is 5. The standard InChI is InChI=1S/C22H34N2O3/c1-9-16-14(2)23-15(3)17(19(20(25)26)27-21(4,5)6)18(16)24-12-10-22(7,8)11-13-24/h9,19H,1,10-13H2,2-8H3,(H,25,26)/t19-/m0/s1. The fourth-order valence-corrected chi connectivity index (χ4v) is 3.68. The first-order valence-electron chi connectivity index (χ1n) is 9.65. The van der Waals surface area contributed by atoms with Gasteiger partial charge in [-0.3, -0.25) is 4.98 Å². The molecule has 0 bridgehead atoms. The largest absolute Gasteiger partial charge is 0.479 e. The van der Waals surface area contributed by atoms with Crippen molar-refractivity contribution in [1.82, 2.24) is 4.98 Å². The number of aromatic nitrogens is 1. The van der Waals surface area contributed by atoms with Crippen LogP contribution in [0.3, 0.4) is 0 Å². The average molecular weight is 375 g/mol. The number of aryl methyl sites for hydroxylation is 2. The molecule has 1 atom stereocenters. The van der Waals surface area contributed by atoms with Crippen LogP contribution in [0, 0.1) is 19.3 Å². The molecule has 2 rings (SSSR count). The van der Waals surface area contributed by atoms with Crippen molar-refractivity contribution < 1.29 is 14.6 Å². The molecule has 0 amide bonds. The zero-order valence-corrected chi connectivity index (χ0v) is 17.8. The fourth-order valence-electron chi connectivity index (χ4n) is 3.68.